The Kier molecular flexibility index (Phi) is 7.89. The van der Waals surface area contributed by atoms with E-state index in [-0.39, 0.29) is 0 Å². The zero-order valence-corrected chi connectivity index (χ0v) is 31.9. The lowest BCUT2D eigenvalue weighted by atomic mass is 9.91. The maximum absolute atomic E-state index is 2.43. The van der Waals surface area contributed by atoms with Crippen molar-refractivity contribution in [2.24, 2.45) is 0 Å². The standard InChI is InChI=1S/C46H44N2Si2/c1-49(2,3)39-25-21-37(22-26-39)47(35-13-9-7-10-14-35)43-31-19-33-18-30-42-44(32-20-34-17-29-41(43)45(33)46(34)42)48(36-15-11-8-12-16-36)38-23-27-40(28-24-38)50(4,5)6/h7-32H,1-6H3/q-1. The van der Waals surface area contributed by atoms with E-state index in [1.165, 1.54) is 65.4 Å². The molecule has 0 N–H and O–H groups in total. The van der Waals surface area contributed by atoms with Crippen LogP contribution < -0.4 is 20.2 Å². The highest BCUT2D eigenvalue weighted by molar-refractivity contribution is 6.89. The van der Waals surface area contributed by atoms with Gasteiger partial charge in [-0.05, 0) is 82.2 Å². The van der Waals surface area contributed by atoms with Crippen LogP contribution in [-0.2, 0) is 0 Å². The van der Waals surface area contributed by atoms with E-state index < -0.39 is 16.1 Å². The molecule has 0 saturated carbocycles. The largest absolute Gasteiger partial charge is 0.310 e. The first-order valence-corrected chi connectivity index (χ1v) is 24.7. The van der Waals surface area contributed by atoms with Crippen LogP contribution in [0, 0.1) is 0 Å². The highest BCUT2D eigenvalue weighted by Gasteiger charge is 2.22. The van der Waals surface area contributed by atoms with E-state index in [0.29, 0.717) is 0 Å². The topological polar surface area (TPSA) is 6.48 Å². The third kappa shape index (κ3) is 5.68. The van der Waals surface area contributed by atoms with Crippen molar-refractivity contribution in [1.29, 1.82) is 0 Å². The minimum atomic E-state index is -1.43. The van der Waals surface area contributed by atoms with E-state index in [9.17, 15) is 0 Å². The molecule has 8 aromatic carbocycles. The Hall–Kier alpha value is -5.17. The molecule has 0 saturated heterocycles. The molecule has 8 rings (SSSR count). The fourth-order valence-corrected chi connectivity index (χ4v) is 9.72. The Balaban J connectivity index is 1.36. The van der Waals surface area contributed by atoms with Crippen LogP contribution in [0.15, 0.2) is 158 Å². The fourth-order valence-electron chi connectivity index (χ4n) is 7.39. The van der Waals surface area contributed by atoms with Crippen LogP contribution in [0.3, 0.4) is 0 Å². The number of rotatable bonds is 8. The maximum Gasteiger partial charge on any atom is 0.0775 e. The number of para-hydroxylation sites is 2. The molecule has 0 atom stereocenters. The van der Waals surface area contributed by atoms with Crippen molar-refractivity contribution in [2.75, 3.05) is 9.80 Å². The molecule has 0 aromatic heterocycles. The molecule has 0 aliphatic rings. The highest BCUT2D eigenvalue weighted by Crippen LogP contribution is 2.47. The van der Waals surface area contributed by atoms with Crippen LogP contribution in [0.5, 0.6) is 0 Å². The predicted molar refractivity (Wildman–Crippen MR) is 225 cm³/mol. The molecule has 0 amide bonds. The fraction of sp³-hybridized carbons (Fsp3) is 0.130. The molecule has 0 bridgehead atoms. The van der Waals surface area contributed by atoms with Crippen molar-refractivity contribution in [3.05, 3.63) is 158 Å². The molecule has 0 unspecified atom stereocenters. The third-order valence-electron chi connectivity index (χ3n) is 10.1. The van der Waals surface area contributed by atoms with Gasteiger partial charge in [0, 0.05) is 33.5 Å². The summed E-state index contributed by atoms with van der Waals surface area (Å²) in [6, 6.07) is 58.7. The Labute approximate surface area is 298 Å². The monoisotopic (exact) mass is 680 g/mol. The van der Waals surface area contributed by atoms with Gasteiger partial charge < -0.3 is 9.80 Å². The second-order valence-electron chi connectivity index (χ2n) is 15.5. The van der Waals surface area contributed by atoms with Crippen molar-refractivity contribution in [3.63, 3.8) is 0 Å². The summed E-state index contributed by atoms with van der Waals surface area (Å²) >= 11 is 0. The van der Waals surface area contributed by atoms with Gasteiger partial charge in [-0.25, -0.2) is 0 Å². The first-order chi connectivity index (χ1) is 24.1. The van der Waals surface area contributed by atoms with Gasteiger partial charge >= 0.3 is 0 Å². The second-order valence-corrected chi connectivity index (χ2v) is 25.7. The van der Waals surface area contributed by atoms with Gasteiger partial charge in [0.25, 0.3) is 0 Å². The first-order valence-electron chi connectivity index (χ1n) is 17.7. The molecule has 50 heavy (non-hydrogen) atoms. The molecular formula is C46H44N2Si2-. The Morgan fingerprint density at radius 3 is 1.18 bits per heavy atom. The summed E-state index contributed by atoms with van der Waals surface area (Å²) in [5, 5.41) is 10.6. The van der Waals surface area contributed by atoms with Crippen molar-refractivity contribution in [3.8, 4) is 0 Å². The van der Waals surface area contributed by atoms with Gasteiger partial charge in [0.1, 0.15) is 0 Å². The summed E-state index contributed by atoms with van der Waals surface area (Å²) in [5.74, 6) is 0. The normalized spacial score (nSPS) is 12.2. The number of nitrogens with zero attached hydrogens (tertiary/aromatic N) is 2. The van der Waals surface area contributed by atoms with Gasteiger partial charge in [0.15, 0.2) is 0 Å². The van der Waals surface area contributed by atoms with E-state index in [2.05, 4.69) is 207 Å². The SMILES string of the molecule is C[Si](C)(C)c1ccc(N(c2ccccc2)c2ccc3ccc4c(N(c5ccccc5)c5ccc([Si-](C)(C)C)cc5)ccc5ccc2c3c54)cc1. The average molecular weight is 681 g/mol. The molecule has 0 spiro atoms. The van der Waals surface area contributed by atoms with E-state index in [0.717, 1.165) is 11.4 Å². The van der Waals surface area contributed by atoms with Crippen molar-refractivity contribution in [2.45, 2.75) is 39.3 Å². The van der Waals surface area contributed by atoms with Crippen molar-refractivity contribution < 1.29 is 0 Å². The van der Waals surface area contributed by atoms with Crippen molar-refractivity contribution in [1.82, 2.24) is 0 Å². The van der Waals surface area contributed by atoms with Crippen LogP contribution in [-0.4, -0.2) is 16.1 Å². The van der Waals surface area contributed by atoms with Gasteiger partial charge in [-0.2, -0.15) is 24.8 Å². The van der Waals surface area contributed by atoms with Gasteiger partial charge in [-0.15, -0.1) is 8.07 Å². The van der Waals surface area contributed by atoms with Gasteiger partial charge in [0.2, 0.25) is 0 Å². The van der Waals surface area contributed by atoms with Crippen LogP contribution in [0.4, 0.5) is 34.1 Å². The minimum Gasteiger partial charge on any atom is -0.310 e. The lowest BCUT2D eigenvalue weighted by Crippen LogP contribution is -2.37. The minimum absolute atomic E-state index is 1.15. The summed E-state index contributed by atoms with van der Waals surface area (Å²) < 4.78 is 0. The van der Waals surface area contributed by atoms with E-state index in [4.69, 9.17) is 0 Å². The van der Waals surface area contributed by atoms with Gasteiger partial charge in [0.05, 0.1) is 19.4 Å². The predicted octanol–water partition coefficient (Wildman–Crippen LogP) is 12.6. The Bertz CT molecular complexity index is 2250. The van der Waals surface area contributed by atoms with Crippen LogP contribution in [0.2, 0.25) is 39.3 Å². The molecule has 0 radical (unpaired) electrons. The molecule has 0 fully saturated rings. The highest BCUT2D eigenvalue weighted by atomic mass is 28.3. The summed E-state index contributed by atoms with van der Waals surface area (Å²) in [6.45, 7) is 14.5. The van der Waals surface area contributed by atoms with Gasteiger partial charge in [-0.3, -0.25) is 0 Å². The summed E-state index contributed by atoms with van der Waals surface area (Å²) in [7, 11) is -2.87. The van der Waals surface area contributed by atoms with Crippen LogP contribution >= 0.6 is 0 Å². The molecule has 0 heterocycles. The third-order valence-corrected chi connectivity index (χ3v) is 14.2. The lowest BCUT2D eigenvalue weighted by molar-refractivity contribution is 1.30. The molecule has 4 heteroatoms. The summed E-state index contributed by atoms with van der Waals surface area (Å²) in [5.41, 5.74) is 7.02. The second kappa shape index (κ2) is 12.3. The smallest absolute Gasteiger partial charge is 0.0775 e. The molecule has 2 nitrogen and oxygen atoms in total. The summed E-state index contributed by atoms with van der Waals surface area (Å²) in [6.07, 6.45) is 0. The number of anilines is 6. The van der Waals surface area contributed by atoms with Gasteiger partial charge in [-0.1, -0.05) is 122 Å². The maximum atomic E-state index is 2.43. The molecule has 247 valence electrons. The average Bonchev–Trinajstić information content (AvgIpc) is 3.12. The quantitative estimate of drug-likeness (QED) is 0.116. The molecular weight excluding hydrogens is 637 g/mol. The molecule has 8 aromatic rings. The van der Waals surface area contributed by atoms with Crippen LogP contribution in [0.1, 0.15) is 0 Å². The lowest BCUT2D eigenvalue weighted by Gasteiger charge is -2.32. The van der Waals surface area contributed by atoms with E-state index >= 15 is 0 Å². The Morgan fingerprint density at radius 1 is 0.400 bits per heavy atom. The first kappa shape index (κ1) is 32.1. The molecule has 0 aliphatic heterocycles. The zero-order chi connectivity index (χ0) is 34.6. The van der Waals surface area contributed by atoms with E-state index in [1.807, 2.05) is 0 Å². The van der Waals surface area contributed by atoms with Crippen molar-refractivity contribution >= 4 is 93.0 Å². The summed E-state index contributed by atoms with van der Waals surface area (Å²) in [4.78, 5) is 4.86. The zero-order valence-electron chi connectivity index (χ0n) is 29.9. The van der Waals surface area contributed by atoms with E-state index in [1.54, 1.807) is 0 Å². The number of hydrogen-bond acceptors (Lipinski definition) is 2. The number of hydrogen-bond donors (Lipinski definition) is 0. The molecule has 0 aliphatic carbocycles. The number of benzene rings is 8. The Morgan fingerprint density at radius 2 is 0.780 bits per heavy atom. The van der Waals surface area contributed by atoms with Crippen LogP contribution in [0.25, 0.3) is 32.3 Å².